The maximum atomic E-state index is 6.40. The predicted molar refractivity (Wildman–Crippen MR) is 90.5 cm³/mol. The Kier molecular flexibility index (Phi) is 6.82. The van der Waals surface area contributed by atoms with Gasteiger partial charge in [0, 0.05) is 15.5 Å². The molecule has 0 radical (unpaired) electrons. The molecule has 0 spiro atoms. The van der Waals surface area contributed by atoms with Crippen LogP contribution in [0.2, 0.25) is 5.02 Å². The smallest absolute Gasteiger partial charge is 0.0465 e. The van der Waals surface area contributed by atoms with Crippen LogP contribution >= 0.6 is 27.5 Å². The molecule has 0 aliphatic carbocycles. The lowest BCUT2D eigenvalue weighted by molar-refractivity contribution is 0.217. The molecular weight excluding hydrogens is 336 g/mol. The summed E-state index contributed by atoms with van der Waals surface area (Å²) in [4.78, 5) is 2.58. The summed E-state index contributed by atoms with van der Waals surface area (Å²) >= 11 is 9.87. The van der Waals surface area contributed by atoms with Gasteiger partial charge in [-0.05, 0) is 63.1 Å². The molecule has 1 N–H and O–H groups in total. The van der Waals surface area contributed by atoms with E-state index in [9.17, 15) is 0 Å². The Bertz CT molecular complexity index is 419. The number of nitrogens with zero attached hydrogens (tertiary/aromatic N) is 1. The van der Waals surface area contributed by atoms with E-state index < -0.39 is 0 Å². The zero-order valence-electron chi connectivity index (χ0n) is 12.2. The average molecular weight is 360 g/mol. The fourth-order valence-electron chi connectivity index (χ4n) is 2.89. The first kappa shape index (κ1) is 16.3. The van der Waals surface area contributed by atoms with Crippen LogP contribution in [0, 0.1) is 0 Å². The summed E-state index contributed by atoms with van der Waals surface area (Å²) < 4.78 is 1.04. The van der Waals surface area contributed by atoms with E-state index in [1.54, 1.807) is 0 Å². The molecule has 1 fully saturated rings. The second-order valence-electron chi connectivity index (χ2n) is 5.47. The van der Waals surface area contributed by atoms with Gasteiger partial charge in [-0.1, -0.05) is 46.9 Å². The number of likely N-dealkylation sites (tertiary alicyclic amines) is 1. The second kappa shape index (κ2) is 8.38. The maximum absolute atomic E-state index is 6.40. The standard InChI is InChI=1S/C16H24BrClN2/c1-2-19-16(8-11-20-9-4-3-5-10-20)14-7-6-13(17)12-15(14)18/h6-7,12,16,19H,2-5,8-11H2,1H3. The fraction of sp³-hybridized carbons (Fsp3) is 0.625. The van der Waals surface area contributed by atoms with Crippen LogP contribution in [-0.2, 0) is 0 Å². The molecule has 1 aromatic carbocycles. The highest BCUT2D eigenvalue weighted by Gasteiger charge is 2.17. The van der Waals surface area contributed by atoms with Crippen LogP contribution in [0.15, 0.2) is 22.7 Å². The maximum Gasteiger partial charge on any atom is 0.0465 e. The molecule has 112 valence electrons. The van der Waals surface area contributed by atoms with Gasteiger partial charge in [0.25, 0.3) is 0 Å². The average Bonchev–Trinajstić information content (AvgIpc) is 2.45. The normalized spacial score (nSPS) is 18.1. The summed E-state index contributed by atoms with van der Waals surface area (Å²) in [5, 5.41) is 4.42. The topological polar surface area (TPSA) is 15.3 Å². The van der Waals surface area contributed by atoms with Gasteiger partial charge in [-0.3, -0.25) is 0 Å². The molecular formula is C16H24BrClN2. The van der Waals surface area contributed by atoms with E-state index >= 15 is 0 Å². The third-order valence-electron chi connectivity index (χ3n) is 3.97. The van der Waals surface area contributed by atoms with Gasteiger partial charge in [0.15, 0.2) is 0 Å². The summed E-state index contributed by atoms with van der Waals surface area (Å²) in [6.45, 7) is 6.79. The van der Waals surface area contributed by atoms with Gasteiger partial charge < -0.3 is 10.2 Å². The van der Waals surface area contributed by atoms with Crippen molar-refractivity contribution in [2.24, 2.45) is 0 Å². The zero-order chi connectivity index (χ0) is 14.4. The van der Waals surface area contributed by atoms with Crippen LogP contribution in [0.4, 0.5) is 0 Å². The molecule has 1 aliphatic heterocycles. The SMILES string of the molecule is CCNC(CCN1CCCCC1)c1ccc(Br)cc1Cl. The Hall–Kier alpha value is -0.0900. The fourth-order valence-corrected chi connectivity index (χ4v) is 3.70. The lowest BCUT2D eigenvalue weighted by Crippen LogP contribution is -2.33. The van der Waals surface area contributed by atoms with E-state index in [4.69, 9.17) is 11.6 Å². The minimum atomic E-state index is 0.350. The highest BCUT2D eigenvalue weighted by atomic mass is 79.9. The van der Waals surface area contributed by atoms with Gasteiger partial charge in [0.1, 0.15) is 0 Å². The van der Waals surface area contributed by atoms with E-state index in [-0.39, 0.29) is 0 Å². The third kappa shape index (κ3) is 4.73. The minimum absolute atomic E-state index is 0.350. The quantitative estimate of drug-likeness (QED) is 0.796. The number of benzene rings is 1. The number of nitrogens with one attached hydrogen (secondary N) is 1. The molecule has 1 unspecified atom stereocenters. The van der Waals surface area contributed by atoms with Gasteiger partial charge in [-0.15, -0.1) is 0 Å². The van der Waals surface area contributed by atoms with Crippen LogP contribution in [0.3, 0.4) is 0 Å². The van der Waals surface area contributed by atoms with Gasteiger partial charge in [-0.2, -0.15) is 0 Å². The van der Waals surface area contributed by atoms with Gasteiger partial charge in [0.05, 0.1) is 0 Å². The van der Waals surface area contributed by atoms with Crippen LogP contribution in [0.5, 0.6) is 0 Å². The number of hydrogen-bond acceptors (Lipinski definition) is 2. The van der Waals surface area contributed by atoms with Crippen molar-refractivity contribution in [3.8, 4) is 0 Å². The molecule has 0 amide bonds. The molecule has 2 rings (SSSR count). The Morgan fingerprint density at radius 3 is 2.70 bits per heavy atom. The van der Waals surface area contributed by atoms with Gasteiger partial charge in [-0.25, -0.2) is 0 Å². The van der Waals surface area contributed by atoms with E-state index in [0.717, 1.165) is 29.0 Å². The Morgan fingerprint density at radius 1 is 1.30 bits per heavy atom. The van der Waals surface area contributed by atoms with Crippen molar-refractivity contribution in [3.63, 3.8) is 0 Å². The van der Waals surface area contributed by atoms with Crippen molar-refractivity contribution in [1.29, 1.82) is 0 Å². The summed E-state index contributed by atoms with van der Waals surface area (Å²) in [5.41, 5.74) is 1.22. The molecule has 2 nitrogen and oxygen atoms in total. The first-order valence-electron chi connectivity index (χ1n) is 7.61. The molecule has 1 atom stereocenters. The monoisotopic (exact) mass is 358 g/mol. The van der Waals surface area contributed by atoms with Crippen molar-refractivity contribution in [1.82, 2.24) is 10.2 Å². The highest BCUT2D eigenvalue weighted by Crippen LogP contribution is 2.28. The van der Waals surface area contributed by atoms with Crippen molar-refractivity contribution in [2.45, 2.75) is 38.6 Å². The Labute approximate surface area is 136 Å². The predicted octanol–water partition coefficient (Wildman–Crippen LogP) is 4.63. The van der Waals surface area contributed by atoms with E-state index in [1.807, 2.05) is 6.07 Å². The van der Waals surface area contributed by atoms with Crippen molar-refractivity contribution in [2.75, 3.05) is 26.2 Å². The molecule has 0 bridgehead atoms. The molecule has 0 saturated carbocycles. The summed E-state index contributed by atoms with van der Waals surface area (Å²) in [6, 6.07) is 6.55. The third-order valence-corrected chi connectivity index (χ3v) is 4.79. The zero-order valence-corrected chi connectivity index (χ0v) is 14.5. The first-order valence-corrected chi connectivity index (χ1v) is 8.78. The lowest BCUT2D eigenvalue weighted by Gasteiger charge is -2.29. The lowest BCUT2D eigenvalue weighted by atomic mass is 10.0. The summed E-state index contributed by atoms with van der Waals surface area (Å²) in [6.07, 6.45) is 5.22. The Morgan fingerprint density at radius 2 is 2.05 bits per heavy atom. The molecule has 20 heavy (non-hydrogen) atoms. The van der Waals surface area contributed by atoms with Crippen LogP contribution < -0.4 is 5.32 Å². The number of rotatable bonds is 6. The number of hydrogen-bond donors (Lipinski definition) is 1. The number of piperidine rings is 1. The highest BCUT2D eigenvalue weighted by molar-refractivity contribution is 9.10. The van der Waals surface area contributed by atoms with E-state index in [0.29, 0.717) is 6.04 Å². The molecule has 4 heteroatoms. The minimum Gasteiger partial charge on any atom is -0.310 e. The summed E-state index contributed by atoms with van der Waals surface area (Å²) in [7, 11) is 0. The van der Waals surface area contributed by atoms with E-state index in [1.165, 1.54) is 37.9 Å². The van der Waals surface area contributed by atoms with Crippen LogP contribution in [0.25, 0.3) is 0 Å². The van der Waals surface area contributed by atoms with Crippen molar-refractivity contribution >= 4 is 27.5 Å². The van der Waals surface area contributed by atoms with Crippen molar-refractivity contribution < 1.29 is 0 Å². The Balaban J connectivity index is 1.98. The van der Waals surface area contributed by atoms with Crippen LogP contribution in [0.1, 0.15) is 44.2 Å². The van der Waals surface area contributed by atoms with Crippen LogP contribution in [-0.4, -0.2) is 31.1 Å². The molecule has 1 aliphatic rings. The summed E-state index contributed by atoms with van der Waals surface area (Å²) in [5.74, 6) is 0. The molecule has 0 aromatic heterocycles. The molecule has 1 saturated heterocycles. The molecule has 1 aromatic rings. The van der Waals surface area contributed by atoms with Gasteiger partial charge in [0.2, 0.25) is 0 Å². The molecule has 1 heterocycles. The first-order chi connectivity index (χ1) is 9.70. The van der Waals surface area contributed by atoms with Gasteiger partial charge >= 0.3 is 0 Å². The number of halogens is 2. The largest absolute Gasteiger partial charge is 0.310 e. The second-order valence-corrected chi connectivity index (χ2v) is 6.79. The van der Waals surface area contributed by atoms with Crippen molar-refractivity contribution in [3.05, 3.63) is 33.3 Å². The van der Waals surface area contributed by atoms with E-state index in [2.05, 4.69) is 45.2 Å².